The molecule has 0 aliphatic carbocycles. The van der Waals surface area contributed by atoms with Crippen molar-refractivity contribution in [1.29, 1.82) is 0 Å². The van der Waals surface area contributed by atoms with E-state index in [9.17, 15) is 4.79 Å². The number of fused-ring (bicyclic) bond motifs is 1. The molecule has 0 unspecified atom stereocenters. The second kappa shape index (κ2) is 8.27. The van der Waals surface area contributed by atoms with Crippen LogP contribution in [0.5, 0.6) is 0 Å². The van der Waals surface area contributed by atoms with Crippen molar-refractivity contribution in [3.63, 3.8) is 0 Å². The van der Waals surface area contributed by atoms with Crippen LogP contribution in [0.4, 0.5) is 17.5 Å². The van der Waals surface area contributed by atoms with E-state index in [1.807, 2.05) is 36.1 Å². The Kier molecular flexibility index (Phi) is 5.16. The Labute approximate surface area is 184 Å². The van der Waals surface area contributed by atoms with Crippen LogP contribution in [0.25, 0.3) is 22.2 Å². The molecule has 9 heteroatoms. The average Bonchev–Trinajstić information content (AvgIpc) is 3.20. The highest BCUT2D eigenvalue weighted by Crippen LogP contribution is 2.28. The van der Waals surface area contributed by atoms with E-state index >= 15 is 0 Å². The van der Waals surface area contributed by atoms with E-state index in [0.717, 1.165) is 40.9 Å². The van der Waals surface area contributed by atoms with Crippen LogP contribution in [0.15, 0.2) is 54.7 Å². The van der Waals surface area contributed by atoms with Gasteiger partial charge in [0.2, 0.25) is 5.95 Å². The zero-order valence-corrected chi connectivity index (χ0v) is 17.5. The summed E-state index contributed by atoms with van der Waals surface area (Å²) in [5.74, 6) is 0.297. The number of carbonyl (C=O) groups is 1. The second-order valence-corrected chi connectivity index (χ2v) is 7.59. The molecule has 2 aromatic heterocycles. The van der Waals surface area contributed by atoms with Crippen molar-refractivity contribution >= 4 is 34.3 Å². The molecule has 2 N–H and O–H groups in total. The fraction of sp³-hybridized carbons (Fsp3) is 0.217. The summed E-state index contributed by atoms with van der Waals surface area (Å²) in [5.41, 5.74) is 3.75. The molecular formula is C23H22N6O3. The van der Waals surface area contributed by atoms with Crippen molar-refractivity contribution in [2.24, 2.45) is 7.05 Å². The van der Waals surface area contributed by atoms with Gasteiger partial charge in [-0.2, -0.15) is 10.1 Å². The number of nitrogens with zero attached hydrogens (tertiary/aromatic N) is 5. The Hall–Kier alpha value is -3.98. The first-order valence-electron chi connectivity index (χ1n) is 10.3. The Bertz CT molecular complexity index is 1280. The van der Waals surface area contributed by atoms with E-state index in [2.05, 4.69) is 21.4 Å². The number of ether oxygens (including phenoxy) is 1. The van der Waals surface area contributed by atoms with Crippen LogP contribution in [0, 0.1) is 0 Å². The first kappa shape index (κ1) is 20.0. The maximum Gasteiger partial charge on any atom is 0.335 e. The number of nitrogens with one attached hydrogen (secondary N) is 1. The van der Waals surface area contributed by atoms with Crippen LogP contribution in [0.1, 0.15) is 10.4 Å². The maximum atomic E-state index is 11.1. The van der Waals surface area contributed by atoms with Gasteiger partial charge in [-0.15, -0.1) is 0 Å². The topological polar surface area (TPSA) is 105 Å². The highest BCUT2D eigenvalue weighted by molar-refractivity contribution is 5.88. The van der Waals surface area contributed by atoms with Gasteiger partial charge in [0.1, 0.15) is 5.82 Å². The fourth-order valence-electron chi connectivity index (χ4n) is 3.70. The van der Waals surface area contributed by atoms with Gasteiger partial charge in [0.05, 0.1) is 36.2 Å². The third kappa shape index (κ3) is 3.97. The number of rotatable bonds is 5. The van der Waals surface area contributed by atoms with E-state index in [0.29, 0.717) is 25.0 Å². The van der Waals surface area contributed by atoms with Gasteiger partial charge in [0.25, 0.3) is 0 Å². The molecule has 9 nitrogen and oxygen atoms in total. The number of anilines is 3. The summed E-state index contributed by atoms with van der Waals surface area (Å²) in [6.07, 6.45) is 1.84. The lowest BCUT2D eigenvalue weighted by atomic mass is 10.1. The van der Waals surface area contributed by atoms with Gasteiger partial charge in [-0.05, 0) is 30.3 Å². The van der Waals surface area contributed by atoms with E-state index in [-0.39, 0.29) is 5.56 Å². The summed E-state index contributed by atoms with van der Waals surface area (Å²) in [6.45, 7) is 2.70. The van der Waals surface area contributed by atoms with E-state index in [1.165, 1.54) is 0 Å². The van der Waals surface area contributed by atoms with Crippen molar-refractivity contribution in [2.75, 3.05) is 36.5 Å². The number of hydrogen-bond acceptors (Lipinski definition) is 7. The average molecular weight is 430 g/mol. The Morgan fingerprint density at radius 3 is 2.59 bits per heavy atom. The smallest absolute Gasteiger partial charge is 0.335 e. The van der Waals surface area contributed by atoms with Crippen molar-refractivity contribution in [1.82, 2.24) is 19.7 Å². The van der Waals surface area contributed by atoms with Crippen LogP contribution in [-0.2, 0) is 11.8 Å². The molecule has 3 heterocycles. The van der Waals surface area contributed by atoms with Gasteiger partial charge < -0.3 is 20.1 Å². The minimum atomic E-state index is -0.957. The molecule has 1 aliphatic rings. The lowest BCUT2D eigenvalue weighted by Gasteiger charge is -2.27. The number of carboxylic acid groups (broad SMARTS) is 1. The second-order valence-electron chi connectivity index (χ2n) is 7.59. The number of aryl methyl sites for hydroxylation is 1. The van der Waals surface area contributed by atoms with E-state index in [1.54, 1.807) is 24.3 Å². The number of hydrogen-bond donors (Lipinski definition) is 2. The van der Waals surface area contributed by atoms with Crippen LogP contribution in [-0.4, -0.2) is 57.1 Å². The molecule has 0 radical (unpaired) electrons. The molecule has 2 aromatic carbocycles. The fourth-order valence-corrected chi connectivity index (χ4v) is 3.70. The lowest BCUT2D eigenvalue weighted by Crippen LogP contribution is -2.37. The molecule has 0 saturated carbocycles. The molecular weight excluding hydrogens is 408 g/mol. The minimum absolute atomic E-state index is 0.234. The molecule has 0 spiro atoms. The van der Waals surface area contributed by atoms with E-state index in [4.69, 9.17) is 19.8 Å². The summed E-state index contributed by atoms with van der Waals surface area (Å²) in [6, 6.07) is 14.6. The molecule has 0 amide bonds. The minimum Gasteiger partial charge on any atom is -0.478 e. The molecule has 1 saturated heterocycles. The van der Waals surface area contributed by atoms with Gasteiger partial charge in [-0.25, -0.2) is 9.78 Å². The zero-order chi connectivity index (χ0) is 22.1. The SMILES string of the molecule is Cn1ncc2ccc(-c3cc(Nc4ccc(C(=O)O)cc4)nc(N4CCOCC4)n3)cc21. The third-order valence-corrected chi connectivity index (χ3v) is 5.46. The van der Waals surface area contributed by atoms with Crippen LogP contribution < -0.4 is 10.2 Å². The van der Waals surface area contributed by atoms with Crippen LogP contribution in [0.3, 0.4) is 0 Å². The highest BCUT2D eigenvalue weighted by Gasteiger charge is 2.17. The molecule has 4 aromatic rings. The number of morpholine rings is 1. The van der Waals surface area contributed by atoms with Crippen molar-refractivity contribution in [3.05, 3.63) is 60.3 Å². The summed E-state index contributed by atoms with van der Waals surface area (Å²) in [4.78, 5) is 22.8. The number of aromatic nitrogens is 4. The van der Waals surface area contributed by atoms with Gasteiger partial charge >= 0.3 is 5.97 Å². The zero-order valence-electron chi connectivity index (χ0n) is 17.5. The van der Waals surface area contributed by atoms with Gasteiger partial charge in [0, 0.05) is 42.8 Å². The molecule has 0 bridgehead atoms. The summed E-state index contributed by atoms with van der Waals surface area (Å²) < 4.78 is 7.31. The molecule has 5 rings (SSSR count). The first-order chi connectivity index (χ1) is 15.6. The maximum absolute atomic E-state index is 11.1. The Morgan fingerprint density at radius 2 is 1.84 bits per heavy atom. The molecule has 162 valence electrons. The van der Waals surface area contributed by atoms with Crippen molar-refractivity contribution in [2.45, 2.75) is 0 Å². The predicted molar refractivity (Wildman–Crippen MR) is 121 cm³/mol. The number of aromatic carboxylic acids is 1. The Morgan fingerprint density at radius 1 is 1.06 bits per heavy atom. The largest absolute Gasteiger partial charge is 0.478 e. The summed E-state index contributed by atoms with van der Waals surface area (Å²) in [5, 5.41) is 17.8. The number of carboxylic acids is 1. The molecule has 1 aliphatic heterocycles. The molecule has 32 heavy (non-hydrogen) atoms. The Balaban J connectivity index is 1.54. The van der Waals surface area contributed by atoms with Gasteiger partial charge in [-0.3, -0.25) is 4.68 Å². The van der Waals surface area contributed by atoms with Crippen LogP contribution >= 0.6 is 0 Å². The lowest BCUT2D eigenvalue weighted by molar-refractivity contribution is 0.0697. The quantitative estimate of drug-likeness (QED) is 0.497. The normalized spacial score (nSPS) is 14.0. The monoisotopic (exact) mass is 430 g/mol. The number of benzene rings is 2. The standard InChI is InChI=1S/C23H22N6O3/c1-28-20-12-16(2-3-17(20)14-24-28)19-13-21(25-18-6-4-15(5-7-18)22(30)31)27-23(26-19)29-8-10-32-11-9-29/h2-7,12-14H,8-11H2,1H3,(H,30,31)(H,25,26,27). The predicted octanol–water partition coefficient (Wildman–Crippen LogP) is 3.31. The van der Waals surface area contributed by atoms with Gasteiger partial charge in [0.15, 0.2) is 0 Å². The first-order valence-corrected chi connectivity index (χ1v) is 10.3. The molecule has 1 fully saturated rings. The van der Waals surface area contributed by atoms with Crippen molar-refractivity contribution in [3.8, 4) is 11.3 Å². The summed E-state index contributed by atoms with van der Waals surface area (Å²) >= 11 is 0. The summed E-state index contributed by atoms with van der Waals surface area (Å²) in [7, 11) is 1.92. The van der Waals surface area contributed by atoms with Gasteiger partial charge in [-0.1, -0.05) is 12.1 Å². The highest BCUT2D eigenvalue weighted by atomic mass is 16.5. The van der Waals surface area contributed by atoms with Crippen LogP contribution in [0.2, 0.25) is 0 Å². The van der Waals surface area contributed by atoms with Crippen molar-refractivity contribution < 1.29 is 14.6 Å². The molecule has 0 atom stereocenters. The van der Waals surface area contributed by atoms with E-state index < -0.39 is 5.97 Å². The third-order valence-electron chi connectivity index (χ3n) is 5.46.